The van der Waals surface area contributed by atoms with Crippen molar-refractivity contribution in [1.29, 1.82) is 0 Å². The highest BCUT2D eigenvalue weighted by Crippen LogP contribution is 2.28. The van der Waals surface area contributed by atoms with Crippen LogP contribution in [0.1, 0.15) is 19.8 Å². The van der Waals surface area contributed by atoms with Crippen LogP contribution in [0.25, 0.3) is 0 Å². The van der Waals surface area contributed by atoms with Gasteiger partial charge in [0, 0.05) is 31.9 Å². The first-order chi connectivity index (χ1) is 9.29. The standard InChI is InChI=1S/C15H24N4/c1-12-11-14(12)19-15(16-2)18-10-6-9-17-13-7-4-3-5-8-13/h3-5,7-8,12,14,17H,6,9-11H2,1-2H3,(H2,16,18,19). The zero-order valence-electron chi connectivity index (χ0n) is 11.8. The van der Waals surface area contributed by atoms with E-state index in [2.05, 4.69) is 40.0 Å². The molecular formula is C15H24N4. The summed E-state index contributed by atoms with van der Waals surface area (Å²) in [6.45, 7) is 4.16. The van der Waals surface area contributed by atoms with Gasteiger partial charge in [-0.2, -0.15) is 0 Å². The van der Waals surface area contributed by atoms with Crippen LogP contribution in [-0.2, 0) is 0 Å². The van der Waals surface area contributed by atoms with Crippen molar-refractivity contribution in [3.05, 3.63) is 30.3 Å². The van der Waals surface area contributed by atoms with E-state index in [1.54, 1.807) is 0 Å². The van der Waals surface area contributed by atoms with Crippen LogP contribution in [0.4, 0.5) is 5.69 Å². The van der Waals surface area contributed by atoms with Gasteiger partial charge in [-0.05, 0) is 30.9 Å². The number of nitrogens with one attached hydrogen (secondary N) is 3. The van der Waals surface area contributed by atoms with Crippen molar-refractivity contribution in [3.63, 3.8) is 0 Å². The Morgan fingerprint density at radius 2 is 2.00 bits per heavy atom. The maximum atomic E-state index is 4.23. The lowest BCUT2D eigenvalue weighted by atomic mass is 10.3. The molecule has 1 aliphatic carbocycles. The molecule has 0 spiro atoms. The molecule has 1 saturated carbocycles. The second-order valence-electron chi connectivity index (χ2n) is 5.11. The van der Waals surface area contributed by atoms with E-state index in [1.807, 2.05) is 25.2 Å². The molecule has 4 heteroatoms. The summed E-state index contributed by atoms with van der Waals surface area (Å²) in [4.78, 5) is 4.23. The number of hydrogen-bond acceptors (Lipinski definition) is 2. The van der Waals surface area contributed by atoms with Gasteiger partial charge < -0.3 is 16.0 Å². The highest BCUT2D eigenvalue weighted by atomic mass is 15.2. The summed E-state index contributed by atoms with van der Waals surface area (Å²) in [5, 5.41) is 10.2. The summed E-state index contributed by atoms with van der Waals surface area (Å²) in [6.07, 6.45) is 2.33. The van der Waals surface area contributed by atoms with E-state index in [1.165, 1.54) is 12.1 Å². The minimum Gasteiger partial charge on any atom is -0.385 e. The summed E-state index contributed by atoms with van der Waals surface area (Å²) < 4.78 is 0. The smallest absolute Gasteiger partial charge is 0.191 e. The fourth-order valence-electron chi connectivity index (χ4n) is 1.98. The molecule has 2 unspecified atom stereocenters. The fourth-order valence-corrected chi connectivity index (χ4v) is 1.98. The Morgan fingerprint density at radius 1 is 1.26 bits per heavy atom. The largest absolute Gasteiger partial charge is 0.385 e. The molecule has 4 nitrogen and oxygen atoms in total. The van der Waals surface area contributed by atoms with E-state index >= 15 is 0 Å². The average molecular weight is 260 g/mol. The maximum absolute atomic E-state index is 4.23. The van der Waals surface area contributed by atoms with E-state index in [0.29, 0.717) is 6.04 Å². The molecule has 2 atom stereocenters. The molecular weight excluding hydrogens is 236 g/mol. The van der Waals surface area contributed by atoms with Gasteiger partial charge in [0.05, 0.1) is 0 Å². The summed E-state index contributed by atoms with van der Waals surface area (Å²) in [6, 6.07) is 10.9. The Kier molecular flexibility index (Phi) is 5.07. The number of para-hydroxylation sites is 1. The first-order valence-electron chi connectivity index (χ1n) is 7.05. The number of anilines is 1. The normalized spacial score (nSPS) is 21.9. The molecule has 0 aromatic heterocycles. The van der Waals surface area contributed by atoms with Crippen molar-refractivity contribution >= 4 is 11.6 Å². The maximum Gasteiger partial charge on any atom is 0.191 e. The first kappa shape index (κ1) is 13.7. The highest BCUT2D eigenvalue weighted by molar-refractivity contribution is 5.80. The lowest BCUT2D eigenvalue weighted by Crippen LogP contribution is -2.39. The van der Waals surface area contributed by atoms with Gasteiger partial charge in [-0.25, -0.2) is 0 Å². The minimum absolute atomic E-state index is 0.619. The molecule has 1 fully saturated rings. The average Bonchev–Trinajstić information content (AvgIpc) is 3.13. The van der Waals surface area contributed by atoms with Gasteiger partial charge in [0.25, 0.3) is 0 Å². The molecule has 3 N–H and O–H groups in total. The molecule has 0 bridgehead atoms. The lowest BCUT2D eigenvalue weighted by Gasteiger charge is -2.12. The molecule has 2 rings (SSSR count). The third kappa shape index (κ3) is 4.81. The van der Waals surface area contributed by atoms with Crippen LogP contribution >= 0.6 is 0 Å². The Morgan fingerprint density at radius 3 is 2.63 bits per heavy atom. The van der Waals surface area contributed by atoms with Crippen LogP contribution < -0.4 is 16.0 Å². The quantitative estimate of drug-likeness (QED) is 0.417. The topological polar surface area (TPSA) is 48.5 Å². The molecule has 1 aromatic carbocycles. The van der Waals surface area contributed by atoms with E-state index in [4.69, 9.17) is 0 Å². The predicted octanol–water partition coefficient (Wildman–Crippen LogP) is 2.06. The van der Waals surface area contributed by atoms with Crippen LogP contribution in [-0.4, -0.2) is 32.1 Å². The van der Waals surface area contributed by atoms with Gasteiger partial charge in [0.2, 0.25) is 0 Å². The molecule has 104 valence electrons. The van der Waals surface area contributed by atoms with Gasteiger partial charge in [0.15, 0.2) is 5.96 Å². The molecule has 1 aromatic rings. The SMILES string of the molecule is CN=C(NCCCNc1ccccc1)NC1CC1C. The van der Waals surface area contributed by atoms with Crippen molar-refractivity contribution < 1.29 is 0 Å². The Balaban J connectivity index is 1.56. The van der Waals surface area contributed by atoms with Crippen molar-refractivity contribution in [2.24, 2.45) is 10.9 Å². The Labute approximate surface area is 115 Å². The Hall–Kier alpha value is -1.71. The van der Waals surface area contributed by atoms with Gasteiger partial charge >= 0.3 is 0 Å². The highest BCUT2D eigenvalue weighted by Gasteiger charge is 2.32. The number of aliphatic imine (C=N–C) groups is 1. The van der Waals surface area contributed by atoms with Crippen molar-refractivity contribution in [1.82, 2.24) is 10.6 Å². The number of rotatable bonds is 6. The third-order valence-electron chi connectivity index (χ3n) is 3.40. The molecule has 0 saturated heterocycles. The van der Waals surface area contributed by atoms with E-state index in [9.17, 15) is 0 Å². The lowest BCUT2D eigenvalue weighted by molar-refractivity contribution is 0.740. The Bertz CT molecular complexity index is 402. The second-order valence-corrected chi connectivity index (χ2v) is 5.11. The summed E-state index contributed by atoms with van der Waals surface area (Å²) in [5.74, 6) is 1.72. The molecule has 0 heterocycles. The number of nitrogens with zero attached hydrogens (tertiary/aromatic N) is 1. The van der Waals surface area contributed by atoms with E-state index in [0.717, 1.165) is 31.4 Å². The van der Waals surface area contributed by atoms with Crippen LogP contribution in [0, 0.1) is 5.92 Å². The van der Waals surface area contributed by atoms with Crippen LogP contribution in [0.3, 0.4) is 0 Å². The summed E-state index contributed by atoms with van der Waals surface area (Å²) >= 11 is 0. The van der Waals surface area contributed by atoms with E-state index in [-0.39, 0.29) is 0 Å². The summed E-state index contributed by atoms with van der Waals surface area (Å²) in [7, 11) is 1.82. The fraction of sp³-hybridized carbons (Fsp3) is 0.533. The van der Waals surface area contributed by atoms with Gasteiger partial charge in [-0.3, -0.25) is 4.99 Å². The number of guanidine groups is 1. The van der Waals surface area contributed by atoms with Gasteiger partial charge in [-0.1, -0.05) is 25.1 Å². The van der Waals surface area contributed by atoms with Crippen LogP contribution in [0.15, 0.2) is 35.3 Å². The molecule has 1 aliphatic rings. The second kappa shape index (κ2) is 7.02. The number of hydrogen-bond donors (Lipinski definition) is 3. The van der Waals surface area contributed by atoms with Crippen molar-refractivity contribution in [3.8, 4) is 0 Å². The number of benzene rings is 1. The van der Waals surface area contributed by atoms with E-state index < -0.39 is 0 Å². The predicted molar refractivity (Wildman–Crippen MR) is 81.6 cm³/mol. The van der Waals surface area contributed by atoms with Crippen LogP contribution in [0.2, 0.25) is 0 Å². The van der Waals surface area contributed by atoms with Gasteiger partial charge in [0.1, 0.15) is 0 Å². The zero-order valence-corrected chi connectivity index (χ0v) is 11.8. The molecule has 0 amide bonds. The zero-order chi connectivity index (χ0) is 13.5. The minimum atomic E-state index is 0.619. The monoisotopic (exact) mass is 260 g/mol. The van der Waals surface area contributed by atoms with Crippen molar-refractivity contribution in [2.45, 2.75) is 25.8 Å². The molecule has 0 radical (unpaired) electrons. The van der Waals surface area contributed by atoms with Gasteiger partial charge in [-0.15, -0.1) is 0 Å². The van der Waals surface area contributed by atoms with Crippen LogP contribution in [0.5, 0.6) is 0 Å². The summed E-state index contributed by atoms with van der Waals surface area (Å²) in [5.41, 5.74) is 1.18. The first-order valence-corrected chi connectivity index (χ1v) is 7.05. The molecule has 19 heavy (non-hydrogen) atoms. The third-order valence-corrected chi connectivity index (χ3v) is 3.40. The molecule has 0 aliphatic heterocycles. The van der Waals surface area contributed by atoms with Crippen molar-refractivity contribution in [2.75, 3.05) is 25.5 Å².